The number of unbranched alkanes of at least 4 members (excludes halogenated alkanes) is 1. The van der Waals surface area contributed by atoms with Crippen LogP contribution in [0.15, 0.2) is 12.1 Å². The average molecular weight is 213 g/mol. The molecule has 1 aromatic rings. The lowest BCUT2D eigenvalue weighted by molar-refractivity contribution is 0.359. The van der Waals surface area contributed by atoms with E-state index >= 15 is 0 Å². The highest BCUT2D eigenvalue weighted by atomic mass is 19.1. The second-order valence-corrected chi connectivity index (χ2v) is 3.34. The van der Waals surface area contributed by atoms with Crippen LogP contribution < -0.4 is 10.5 Å². The predicted octanol–water partition coefficient (Wildman–Crippen LogP) is 1.82. The highest BCUT2D eigenvalue weighted by molar-refractivity contribution is 5.42. The van der Waals surface area contributed by atoms with Crippen LogP contribution in [0.2, 0.25) is 0 Å². The Balaban J connectivity index is 2.83. The first-order valence-corrected chi connectivity index (χ1v) is 4.95. The maximum Gasteiger partial charge on any atom is 0.206 e. The molecule has 0 aliphatic heterocycles. The molecule has 0 unspecified atom stereocenters. The second-order valence-electron chi connectivity index (χ2n) is 3.34. The van der Waals surface area contributed by atoms with E-state index in [4.69, 9.17) is 15.6 Å². The molecule has 0 fully saturated rings. The van der Waals surface area contributed by atoms with E-state index in [-0.39, 0.29) is 11.5 Å². The van der Waals surface area contributed by atoms with Crippen LogP contribution in [0.5, 0.6) is 11.5 Å². The zero-order valence-electron chi connectivity index (χ0n) is 8.79. The van der Waals surface area contributed by atoms with Crippen molar-refractivity contribution in [2.45, 2.75) is 19.3 Å². The summed E-state index contributed by atoms with van der Waals surface area (Å²) < 4.78 is 18.3. The first kappa shape index (κ1) is 11.8. The number of phenolic OH excluding ortho intramolecular Hbond substituents is 1. The average Bonchev–Trinajstić information content (AvgIpc) is 2.24. The largest absolute Gasteiger partial charge is 0.505 e. The monoisotopic (exact) mass is 213 g/mol. The fourth-order valence-corrected chi connectivity index (χ4v) is 1.46. The van der Waals surface area contributed by atoms with Gasteiger partial charge in [0.1, 0.15) is 0 Å². The maximum atomic E-state index is 13.4. The number of nitrogens with two attached hydrogens (primary N) is 1. The van der Waals surface area contributed by atoms with Gasteiger partial charge in [0.15, 0.2) is 11.5 Å². The normalized spacial score (nSPS) is 10.3. The molecule has 0 heterocycles. The summed E-state index contributed by atoms with van der Waals surface area (Å²) in [5, 5.41) is 9.15. The quantitative estimate of drug-likeness (QED) is 0.733. The Morgan fingerprint density at radius 2 is 2.13 bits per heavy atom. The van der Waals surface area contributed by atoms with Gasteiger partial charge < -0.3 is 15.6 Å². The van der Waals surface area contributed by atoms with Crippen LogP contribution in [0.1, 0.15) is 18.4 Å². The SMILES string of the molecule is COc1c(CCCCN)ccc(O)c1F. The summed E-state index contributed by atoms with van der Waals surface area (Å²) >= 11 is 0. The van der Waals surface area contributed by atoms with E-state index in [1.807, 2.05) is 0 Å². The Hall–Kier alpha value is -1.29. The van der Waals surface area contributed by atoms with Crippen LogP contribution in [0.4, 0.5) is 4.39 Å². The number of hydrogen-bond acceptors (Lipinski definition) is 3. The molecule has 0 spiro atoms. The molecule has 1 rings (SSSR count). The van der Waals surface area contributed by atoms with Crippen LogP contribution in [0.3, 0.4) is 0 Å². The van der Waals surface area contributed by atoms with Crippen LogP contribution >= 0.6 is 0 Å². The van der Waals surface area contributed by atoms with E-state index in [1.54, 1.807) is 6.07 Å². The molecule has 0 bridgehead atoms. The highest BCUT2D eigenvalue weighted by Gasteiger charge is 2.12. The Morgan fingerprint density at radius 3 is 2.73 bits per heavy atom. The van der Waals surface area contributed by atoms with E-state index in [0.717, 1.165) is 18.4 Å². The minimum atomic E-state index is -0.692. The molecule has 84 valence electrons. The third-order valence-electron chi connectivity index (χ3n) is 2.26. The summed E-state index contributed by atoms with van der Waals surface area (Å²) in [6.07, 6.45) is 2.49. The van der Waals surface area contributed by atoms with Crippen LogP contribution in [-0.4, -0.2) is 18.8 Å². The molecule has 0 aliphatic rings. The van der Waals surface area contributed by atoms with Crippen molar-refractivity contribution in [3.8, 4) is 11.5 Å². The molecule has 0 saturated carbocycles. The summed E-state index contributed by atoms with van der Waals surface area (Å²) in [5.74, 6) is -0.941. The summed E-state index contributed by atoms with van der Waals surface area (Å²) in [5.41, 5.74) is 6.14. The third-order valence-corrected chi connectivity index (χ3v) is 2.26. The molecule has 0 saturated heterocycles. The summed E-state index contributed by atoms with van der Waals surface area (Å²) in [6.45, 7) is 0.628. The molecule has 3 N–H and O–H groups in total. The topological polar surface area (TPSA) is 55.5 Å². The van der Waals surface area contributed by atoms with Crippen LogP contribution in [0.25, 0.3) is 0 Å². The molecule has 0 atom stereocenters. The molecule has 3 nitrogen and oxygen atoms in total. The van der Waals surface area contributed by atoms with E-state index < -0.39 is 5.82 Å². The lowest BCUT2D eigenvalue weighted by Crippen LogP contribution is -2.00. The number of aromatic hydroxyl groups is 1. The van der Waals surface area contributed by atoms with Gasteiger partial charge in [0.25, 0.3) is 0 Å². The van der Waals surface area contributed by atoms with E-state index in [9.17, 15) is 4.39 Å². The third kappa shape index (κ3) is 2.83. The van der Waals surface area contributed by atoms with Gasteiger partial charge in [-0.05, 0) is 37.4 Å². The number of halogens is 1. The van der Waals surface area contributed by atoms with Gasteiger partial charge in [-0.25, -0.2) is 0 Å². The van der Waals surface area contributed by atoms with Gasteiger partial charge in [-0.1, -0.05) is 6.07 Å². The molecule has 1 aromatic carbocycles. The zero-order chi connectivity index (χ0) is 11.3. The number of benzene rings is 1. The molecular weight excluding hydrogens is 197 g/mol. The van der Waals surface area contributed by atoms with Crippen molar-refractivity contribution < 1.29 is 14.2 Å². The first-order valence-electron chi connectivity index (χ1n) is 4.95. The number of methoxy groups -OCH3 is 1. The van der Waals surface area contributed by atoms with Crippen molar-refractivity contribution >= 4 is 0 Å². The van der Waals surface area contributed by atoms with Gasteiger partial charge in [0.2, 0.25) is 5.82 Å². The summed E-state index contributed by atoms with van der Waals surface area (Å²) in [6, 6.07) is 3.02. The Kier molecular flexibility index (Phi) is 4.37. The van der Waals surface area contributed by atoms with Gasteiger partial charge in [0.05, 0.1) is 7.11 Å². The minimum absolute atomic E-state index is 0.132. The van der Waals surface area contributed by atoms with Crippen molar-refractivity contribution in [3.63, 3.8) is 0 Å². The molecule has 0 aromatic heterocycles. The van der Waals surface area contributed by atoms with Crippen molar-refractivity contribution in [2.24, 2.45) is 5.73 Å². The highest BCUT2D eigenvalue weighted by Crippen LogP contribution is 2.30. The minimum Gasteiger partial charge on any atom is -0.505 e. The van der Waals surface area contributed by atoms with Crippen molar-refractivity contribution in [3.05, 3.63) is 23.5 Å². The molecule has 15 heavy (non-hydrogen) atoms. The number of hydrogen-bond donors (Lipinski definition) is 2. The standard InChI is InChI=1S/C11H16FNO2/c1-15-11-8(4-2-3-7-13)5-6-9(14)10(11)12/h5-6,14H,2-4,7,13H2,1H3. The van der Waals surface area contributed by atoms with E-state index in [1.165, 1.54) is 13.2 Å². The molecular formula is C11H16FNO2. The molecule has 0 aliphatic carbocycles. The Bertz CT molecular complexity index is 329. The second kappa shape index (κ2) is 5.56. The Labute approximate surface area is 88.7 Å². The maximum absolute atomic E-state index is 13.4. The van der Waals surface area contributed by atoms with Gasteiger partial charge in [-0.3, -0.25) is 0 Å². The first-order chi connectivity index (χ1) is 7.20. The van der Waals surface area contributed by atoms with Crippen LogP contribution in [-0.2, 0) is 6.42 Å². The number of phenols is 1. The smallest absolute Gasteiger partial charge is 0.206 e. The lowest BCUT2D eigenvalue weighted by Gasteiger charge is -2.09. The van der Waals surface area contributed by atoms with Gasteiger partial charge in [0, 0.05) is 0 Å². The number of rotatable bonds is 5. The van der Waals surface area contributed by atoms with Crippen molar-refractivity contribution in [1.29, 1.82) is 0 Å². The Morgan fingerprint density at radius 1 is 1.40 bits per heavy atom. The van der Waals surface area contributed by atoms with Gasteiger partial charge >= 0.3 is 0 Å². The predicted molar refractivity (Wildman–Crippen MR) is 56.6 cm³/mol. The number of aryl methyl sites for hydroxylation is 1. The fraction of sp³-hybridized carbons (Fsp3) is 0.455. The lowest BCUT2D eigenvalue weighted by atomic mass is 10.1. The summed E-state index contributed by atoms with van der Waals surface area (Å²) in [4.78, 5) is 0. The summed E-state index contributed by atoms with van der Waals surface area (Å²) in [7, 11) is 1.39. The number of ether oxygens (including phenoxy) is 1. The van der Waals surface area contributed by atoms with Crippen molar-refractivity contribution in [2.75, 3.05) is 13.7 Å². The van der Waals surface area contributed by atoms with Gasteiger partial charge in [-0.2, -0.15) is 4.39 Å². The molecule has 0 radical (unpaired) electrons. The van der Waals surface area contributed by atoms with Crippen molar-refractivity contribution in [1.82, 2.24) is 0 Å². The van der Waals surface area contributed by atoms with Gasteiger partial charge in [-0.15, -0.1) is 0 Å². The van der Waals surface area contributed by atoms with E-state index in [2.05, 4.69) is 0 Å². The zero-order valence-corrected chi connectivity index (χ0v) is 8.79. The van der Waals surface area contributed by atoms with E-state index in [0.29, 0.717) is 13.0 Å². The molecule has 4 heteroatoms. The fourth-order valence-electron chi connectivity index (χ4n) is 1.46. The van der Waals surface area contributed by atoms with Crippen LogP contribution in [0, 0.1) is 5.82 Å². The molecule has 0 amide bonds.